The molecule has 26 heavy (non-hydrogen) atoms. The first-order valence-electron chi connectivity index (χ1n) is 9.37. The number of nitrogens with one attached hydrogen (secondary N) is 1. The van der Waals surface area contributed by atoms with Gasteiger partial charge in [-0.3, -0.25) is 10.1 Å². The number of ketones is 1. The number of carbonyl (C=O) groups is 1. The van der Waals surface area contributed by atoms with Gasteiger partial charge in [0.1, 0.15) is 12.4 Å². The monoisotopic (exact) mass is 383 g/mol. The largest absolute Gasteiger partial charge is 0.494 e. The van der Waals surface area contributed by atoms with E-state index in [1.165, 1.54) is 5.56 Å². The standard InChI is InChI=1S/C20H33NO4S/c1-4-19(22)15-24-13-5-11-23-12-6-14-25-20-9-7-18(8-10-20)16(2)21-17(3)26/h7-10,16-17,21,26H,4-6,11-15H2,1-3H3/t16-,17?/m1/s1. The van der Waals surface area contributed by atoms with E-state index in [0.717, 1.165) is 18.6 Å². The van der Waals surface area contributed by atoms with Gasteiger partial charge in [0, 0.05) is 44.1 Å². The van der Waals surface area contributed by atoms with Crippen LogP contribution in [0, 0.1) is 0 Å². The summed E-state index contributed by atoms with van der Waals surface area (Å²) in [6, 6.07) is 8.39. The lowest BCUT2D eigenvalue weighted by Gasteiger charge is -2.17. The molecule has 0 saturated carbocycles. The third-order valence-electron chi connectivity index (χ3n) is 3.81. The second-order valence-corrected chi connectivity index (χ2v) is 7.02. The highest BCUT2D eigenvalue weighted by molar-refractivity contribution is 7.80. The molecule has 1 N–H and O–H groups in total. The molecule has 1 aromatic rings. The number of thiol groups is 1. The second-order valence-electron chi connectivity index (χ2n) is 6.25. The van der Waals surface area contributed by atoms with Gasteiger partial charge in [-0.05, 0) is 38.0 Å². The molecule has 0 aromatic heterocycles. The number of Topliss-reactive ketones (excluding diaryl/α,β-unsaturated/α-hetero) is 1. The highest BCUT2D eigenvalue weighted by Gasteiger charge is 2.06. The van der Waals surface area contributed by atoms with Crippen molar-refractivity contribution in [3.8, 4) is 5.75 Å². The zero-order valence-electron chi connectivity index (χ0n) is 16.2. The van der Waals surface area contributed by atoms with Gasteiger partial charge in [-0.2, -0.15) is 12.6 Å². The van der Waals surface area contributed by atoms with E-state index in [9.17, 15) is 4.79 Å². The van der Waals surface area contributed by atoms with E-state index in [1.807, 2.05) is 26.0 Å². The maximum atomic E-state index is 11.1. The minimum absolute atomic E-state index is 0.137. The highest BCUT2D eigenvalue weighted by atomic mass is 32.1. The molecule has 1 unspecified atom stereocenters. The molecule has 1 rings (SSSR count). The number of rotatable bonds is 15. The molecule has 0 aliphatic rings. The fourth-order valence-corrected chi connectivity index (χ4v) is 2.54. The van der Waals surface area contributed by atoms with Gasteiger partial charge in [-0.15, -0.1) is 0 Å². The van der Waals surface area contributed by atoms with Crippen LogP contribution in [0.5, 0.6) is 5.75 Å². The fourth-order valence-electron chi connectivity index (χ4n) is 2.31. The van der Waals surface area contributed by atoms with E-state index in [2.05, 4.69) is 37.0 Å². The predicted octanol–water partition coefficient (Wildman–Crippen LogP) is 3.78. The Hall–Kier alpha value is -1.08. The molecule has 0 bridgehead atoms. The predicted molar refractivity (Wildman–Crippen MR) is 108 cm³/mol. The molecule has 5 nitrogen and oxygen atoms in total. The van der Waals surface area contributed by atoms with Gasteiger partial charge in [-0.1, -0.05) is 19.1 Å². The molecular formula is C20H33NO4S. The summed E-state index contributed by atoms with van der Waals surface area (Å²) in [5, 5.41) is 3.51. The van der Waals surface area contributed by atoms with Crippen LogP contribution in [0.15, 0.2) is 24.3 Å². The molecule has 0 fully saturated rings. The lowest BCUT2D eigenvalue weighted by molar-refractivity contribution is -0.123. The molecule has 0 heterocycles. The molecule has 2 atom stereocenters. The zero-order valence-corrected chi connectivity index (χ0v) is 17.1. The summed E-state index contributed by atoms with van der Waals surface area (Å²) in [5.41, 5.74) is 1.21. The van der Waals surface area contributed by atoms with Crippen molar-refractivity contribution < 1.29 is 19.0 Å². The van der Waals surface area contributed by atoms with E-state index in [-0.39, 0.29) is 23.8 Å². The Morgan fingerprint density at radius 2 is 1.65 bits per heavy atom. The van der Waals surface area contributed by atoms with E-state index in [4.69, 9.17) is 14.2 Å². The molecular weight excluding hydrogens is 350 g/mol. The molecule has 0 spiro atoms. The summed E-state index contributed by atoms with van der Waals surface area (Å²) in [6.45, 7) is 8.68. The normalized spacial score (nSPS) is 13.4. The van der Waals surface area contributed by atoms with Crippen molar-refractivity contribution in [3.63, 3.8) is 0 Å². The summed E-state index contributed by atoms with van der Waals surface area (Å²) in [7, 11) is 0. The van der Waals surface area contributed by atoms with Gasteiger partial charge < -0.3 is 14.2 Å². The number of hydrogen-bond acceptors (Lipinski definition) is 6. The van der Waals surface area contributed by atoms with Crippen molar-refractivity contribution in [3.05, 3.63) is 29.8 Å². The van der Waals surface area contributed by atoms with Gasteiger partial charge in [-0.25, -0.2) is 0 Å². The summed E-state index contributed by atoms with van der Waals surface area (Å²) in [5.74, 6) is 1.01. The Labute approximate surface area is 163 Å². The maximum absolute atomic E-state index is 11.1. The average Bonchev–Trinajstić information content (AvgIpc) is 2.62. The maximum Gasteiger partial charge on any atom is 0.158 e. The first kappa shape index (κ1) is 23.0. The average molecular weight is 384 g/mol. The Morgan fingerprint density at radius 1 is 1.04 bits per heavy atom. The van der Waals surface area contributed by atoms with Crippen LogP contribution in [0.4, 0.5) is 0 Å². The number of hydrogen-bond donors (Lipinski definition) is 2. The van der Waals surface area contributed by atoms with Gasteiger partial charge >= 0.3 is 0 Å². The van der Waals surface area contributed by atoms with Crippen molar-refractivity contribution in [1.29, 1.82) is 0 Å². The topological polar surface area (TPSA) is 56.8 Å². The molecule has 1 aromatic carbocycles. The van der Waals surface area contributed by atoms with Gasteiger partial charge in [0.15, 0.2) is 5.78 Å². The molecule has 0 aliphatic heterocycles. The zero-order chi connectivity index (χ0) is 19.2. The molecule has 0 saturated heterocycles. The number of carbonyl (C=O) groups excluding carboxylic acids is 1. The minimum Gasteiger partial charge on any atom is -0.494 e. The Morgan fingerprint density at radius 3 is 2.27 bits per heavy atom. The van der Waals surface area contributed by atoms with Crippen LogP contribution in [0.25, 0.3) is 0 Å². The first-order valence-corrected chi connectivity index (χ1v) is 9.88. The van der Waals surface area contributed by atoms with Crippen LogP contribution in [0.1, 0.15) is 51.6 Å². The van der Waals surface area contributed by atoms with Crippen LogP contribution < -0.4 is 10.1 Å². The third kappa shape index (κ3) is 10.8. The quantitative estimate of drug-likeness (QED) is 0.274. The van der Waals surface area contributed by atoms with Crippen molar-refractivity contribution in [1.82, 2.24) is 5.32 Å². The Balaban J connectivity index is 2.03. The van der Waals surface area contributed by atoms with E-state index in [1.54, 1.807) is 0 Å². The van der Waals surface area contributed by atoms with E-state index >= 15 is 0 Å². The van der Waals surface area contributed by atoms with Gasteiger partial charge in [0.2, 0.25) is 0 Å². The van der Waals surface area contributed by atoms with Crippen molar-refractivity contribution in [2.75, 3.05) is 33.0 Å². The van der Waals surface area contributed by atoms with Gasteiger partial charge in [0.05, 0.1) is 6.61 Å². The Kier molecular flexibility index (Phi) is 12.4. The van der Waals surface area contributed by atoms with Crippen LogP contribution in [0.3, 0.4) is 0 Å². The lowest BCUT2D eigenvalue weighted by atomic mass is 10.1. The number of ether oxygens (including phenoxy) is 3. The number of benzene rings is 1. The van der Waals surface area contributed by atoms with Crippen molar-refractivity contribution >= 4 is 18.4 Å². The molecule has 148 valence electrons. The summed E-state index contributed by atoms with van der Waals surface area (Å²) < 4.78 is 16.5. The van der Waals surface area contributed by atoms with Gasteiger partial charge in [0.25, 0.3) is 0 Å². The van der Waals surface area contributed by atoms with Crippen LogP contribution in [-0.4, -0.2) is 44.2 Å². The smallest absolute Gasteiger partial charge is 0.158 e. The van der Waals surface area contributed by atoms with E-state index < -0.39 is 0 Å². The molecule has 0 amide bonds. The lowest BCUT2D eigenvalue weighted by Crippen LogP contribution is -2.24. The molecule has 6 heteroatoms. The minimum atomic E-state index is 0.137. The fraction of sp³-hybridized carbons (Fsp3) is 0.650. The summed E-state index contributed by atoms with van der Waals surface area (Å²) in [4.78, 5) is 11.1. The molecule has 0 radical (unpaired) electrons. The van der Waals surface area contributed by atoms with Crippen LogP contribution >= 0.6 is 12.6 Å². The third-order valence-corrected chi connectivity index (χ3v) is 3.96. The van der Waals surface area contributed by atoms with Crippen molar-refractivity contribution in [2.24, 2.45) is 0 Å². The van der Waals surface area contributed by atoms with Crippen molar-refractivity contribution in [2.45, 2.75) is 51.4 Å². The first-order chi connectivity index (χ1) is 12.5. The molecule has 0 aliphatic carbocycles. The van der Waals surface area contributed by atoms with Crippen LogP contribution in [-0.2, 0) is 14.3 Å². The Bertz CT molecular complexity index is 493. The second kappa shape index (κ2) is 14.0. The van der Waals surface area contributed by atoms with E-state index in [0.29, 0.717) is 32.8 Å². The summed E-state index contributed by atoms with van der Waals surface area (Å²) in [6.07, 6.45) is 2.17. The highest BCUT2D eigenvalue weighted by Crippen LogP contribution is 2.18. The van der Waals surface area contributed by atoms with Crippen LogP contribution in [0.2, 0.25) is 0 Å². The summed E-state index contributed by atoms with van der Waals surface area (Å²) >= 11 is 4.35. The SMILES string of the molecule is CCC(=O)COCCCOCCCOc1ccc([C@@H](C)NC(C)S)cc1.